The number of unbranched alkanes of at least 4 members (excludes halogenated alkanes) is 14. The number of Topliss-reactive ketones (excluding diaryl/α,β-unsaturated/α-hetero) is 1. The molecule has 6 aromatic rings. The quantitative estimate of drug-likeness (QED) is 0.0211. The molecule has 0 amide bonds. The van der Waals surface area contributed by atoms with E-state index in [9.17, 15) is 110 Å². The number of hydrogen-bond donors (Lipinski definition) is 0. The lowest BCUT2D eigenvalue weighted by Gasteiger charge is -2.46. The highest BCUT2D eigenvalue weighted by atomic mass is 19.4. The van der Waals surface area contributed by atoms with Gasteiger partial charge >= 0.3 is 49.4 Å². The average Bonchev–Trinajstić information content (AvgIpc) is 0.710. The topological polar surface area (TPSA) is 33.8 Å². The van der Waals surface area contributed by atoms with E-state index in [1.807, 2.05) is 47.3 Å². The maximum atomic E-state index is 14.2. The van der Waals surface area contributed by atoms with Crippen LogP contribution in [0.1, 0.15) is 164 Å². The molecule has 0 saturated heterocycles. The first-order valence-corrected chi connectivity index (χ1v) is 28.0. The molecule has 0 radical (unpaired) electrons. The van der Waals surface area contributed by atoms with Crippen LogP contribution < -0.4 is 26.4 Å². The van der Waals surface area contributed by atoms with E-state index < -0.39 is 195 Å². The van der Waals surface area contributed by atoms with Gasteiger partial charge in [0.25, 0.3) is 0 Å². The molecule has 1 heterocycles. The van der Waals surface area contributed by atoms with Crippen LogP contribution in [0.2, 0.25) is 0 Å². The summed E-state index contributed by atoms with van der Waals surface area (Å²) in [5, 5.41) is 0. The van der Waals surface area contributed by atoms with Gasteiger partial charge in [-0.25, -0.2) is 4.98 Å². The first-order valence-electron chi connectivity index (χ1n) is 28.0. The second-order valence-corrected chi connectivity index (χ2v) is 21.5. The largest absolute Gasteiger partial charge is 0.416 e. The van der Waals surface area contributed by atoms with Gasteiger partial charge in [-0.05, 0) is 43.2 Å². The number of rotatable bonds is 23. The Morgan fingerprint density at radius 2 is 0.678 bits per heavy atom. The molecule has 0 unspecified atom stereocenters. The van der Waals surface area contributed by atoms with E-state index in [-0.39, 0.29) is 5.78 Å². The Balaban J connectivity index is 0.000000378. The number of carbonyl (C=O) groups is 1. The molecule has 0 aliphatic carbocycles. The van der Waals surface area contributed by atoms with Crippen LogP contribution in [0.3, 0.4) is 0 Å². The minimum atomic E-state index is -6.13. The lowest BCUT2D eigenvalue weighted by Crippen LogP contribution is -2.75. The maximum Gasteiger partial charge on any atom is 0.416 e. The second kappa shape index (κ2) is 29.9. The number of benzene rings is 5. The van der Waals surface area contributed by atoms with Crippen LogP contribution in [-0.4, -0.2) is 16.9 Å². The highest BCUT2D eigenvalue weighted by Gasteiger charge is 2.47. The van der Waals surface area contributed by atoms with Gasteiger partial charge in [-0.15, -0.1) is 0 Å². The molecule has 0 aliphatic rings. The monoisotopic (exact) mass is 1310 g/mol. The SMILES string of the molecule is CCCCCCCCCCCCCCCCC=Cc1c[n+](CC(=O)c2ccccc2)ccn1.FC(F)(F)c1cc([B-](c2cc(C(F)(F)F)cc(C(F)(F)F)c2)(c2cc(C(F)(F)F)cc(C(F)(F)F)c2)c2cc(C(F)(F)F)cc(C(F)(F)F)c2)cc(C(F)(F)F)c1. The Bertz CT molecular complexity index is 2900. The summed E-state index contributed by atoms with van der Waals surface area (Å²) in [6.45, 7) is 2.62. The molecule has 5 aromatic carbocycles. The Labute approximate surface area is 501 Å². The normalized spacial score (nSPS) is 13.2. The molecule has 3 nitrogen and oxygen atoms in total. The maximum absolute atomic E-state index is 14.2. The van der Waals surface area contributed by atoms with Crippen molar-refractivity contribution in [2.45, 2.75) is 159 Å². The number of ketones is 1. The van der Waals surface area contributed by atoms with Gasteiger partial charge < -0.3 is 0 Å². The van der Waals surface area contributed by atoms with Crippen molar-refractivity contribution in [3.05, 3.63) is 184 Å². The molecule has 0 bridgehead atoms. The van der Waals surface area contributed by atoms with E-state index in [1.165, 1.54) is 89.9 Å². The Morgan fingerprint density at radius 3 is 0.956 bits per heavy atom. The summed E-state index contributed by atoms with van der Waals surface area (Å²) >= 11 is 0. The van der Waals surface area contributed by atoms with Gasteiger partial charge in [0.15, 0.2) is 12.4 Å². The highest BCUT2D eigenvalue weighted by molar-refractivity contribution is 7.20. The predicted molar refractivity (Wildman–Crippen MR) is 289 cm³/mol. The van der Waals surface area contributed by atoms with Gasteiger partial charge in [-0.1, -0.05) is 175 Å². The van der Waals surface area contributed by atoms with E-state index in [0.717, 1.165) is 17.7 Å². The van der Waals surface area contributed by atoms with E-state index in [1.54, 1.807) is 6.20 Å². The lowest BCUT2D eigenvalue weighted by atomic mass is 9.12. The van der Waals surface area contributed by atoms with Crippen molar-refractivity contribution in [1.29, 1.82) is 0 Å². The molecule has 0 aliphatic heterocycles. The number of alkyl halides is 24. The zero-order valence-corrected chi connectivity index (χ0v) is 47.5. The molecule has 0 fully saturated rings. The standard InChI is InChI=1S/C32H12BF24.C30H45N2O/c34-25(35,36)13-1-14(26(37,38)39)6-21(5-13)33(22-7-15(27(40,41)42)2-16(8-22)28(43,44)45,23-9-17(29(46,47)48)3-18(10-23)30(49,50)51)24-11-19(31(52,53)54)4-20(12-24)32(55,56)57;1-2-3-4-5-6-7-8-9-10-11-12-13-14-15-16-20-23-29-26-32(25-24-31-29)27-30(33)28-21-18-17-19-22-28/h1-12H;17-26H,2-16,27H2,1H3/q-1;+1. The third-order valence-corrected chi connectivity index (χ3v) is 14.7. The van der Waals surface area contributed by atoms with E-state index >= 15 is 0 Å². The summed E-state index contributed by atoms with van der Waals surface area (Å²) in [7, 11) is 0. The number of nitrogens with zero attached hydrogens (tertiary/aromatic N) is 2. The van der Waals surface area contributed by atoms with Crippen LogP contribution in [0, 0.1) is 0 Å². The molecule has 0 saturated carbocycles. The summed E-state index contributed by atoms with van der Waals surface area (Å²) in [6, 6.07) is 0.640. The van der Waals surface area contributed by atoms with Gasteiger partial charge in [0.2, 0.25) is 12.3 Å². The third kappa shape index (κ3) is 21.0. The van der Waals surface area contributed by atoms with Crippen LogP contribution in [0.25, 0.3) is 6.08 Å². The van der Waals surface area contributed by atoms with Gasteiger partial charge in [-0.3, -0.25) is 4.79 Å². The zero-order chi connectivity index (χ0) is 67.3. The molecular formula is C62H57BF24N2O. The summed E-state index contributed by atoms with van der Waals surface area (Å²) < 4.78 is 343. The fourth-order valence-electron chi connectivity index (χ4n) is 10.2. The smallest absolute Gasteiger partial charge is 0.287 e. The van der Waals surface area contributed by atoms with Crippen LogP contribution >= 0.6 is 0 Å². The number of halogens is 24. The van der Waals surface area contributed by atoms with Crippen LogP contribution in [0.5, 0.6) is 0 Å². The average molecular weight is 1310 g/mol. The number of aromatic nitrogens is 2. The fourth-order valence-corrected chi connectivity index (χ4v) is 10.2. The molecule has 0 N–H and O–H groups in total. The minimum absolute atomic E-state index is 0.115. The molecule has 6 rings (SSSR count). The van der Waals surface area contributed by atoms with Crippen molar-refractivity contribution < 1.29 is 115 Å². The number of carbonyl (C=O) groups excluding carboxylic acids is 1. The Hall–Kier alpha value is -7.03. The van der Waals surface area contributed by atoms with E-state index in [0.29, 0.717) is 6.54 Å². The summed E-state index contributed by atoms with van der Waals surface area (Å²) in [5.74, 6) is 0.115. The summed E-state index contributed by atoms with van der Waals surface area (Å²) in [6.07, 6.45) is -24.4. The molecule has 90 heavy (non-hydrogen) atoms. The molecule has 492 valence electrons. The van der Waals surface area contributed by atoms with Crippen molar-refractivity contribution in [1.82, 2.24) is 4.98 Å². The number of hydrogen-bond acceptors (Lipinski definition) is 2. The van der Waals surface area contributed by atoms with Gasteiger partial charge in [0, 0.05) is 5.56 Å². The molecule has 0 spiro atoms. The van der Waals surface area contributed by atoms with E-state index in [4.69, 9.17) is 0 Å². The minimum Gasteiger partial charge on any atom is -0.287 e. The van der Waals surface area contributed by atoms with Crippen molar-refractivity contribution in [3.63, 3.8) is 0 Å². The first-order chi connectivity index (χ1) is 41.6. The Morgan fingerprint density at radius 1 is 0.400 bits per heavy atom. The number of allylic oxidation sites excluding steroid dienone is 1. The second-order valence-electron chi connectivity index (χ2n) is 21.5. The molecule has 1 aromatic heterocycles. The van der Waals surface area contributed by atoms with Gasteiger partial charge in [-0.2, -0.15) is 132 Å². The van der Waals surface area contributed by atoms with Crippen molar-refractivity contribution >= 4 is 39.9 Å². The third-order valence-electron chi connectivity index (χ3n) is 14.7. The lowest BCUT2D eigenvalue weighted by molar-refractivity contribution is -0.683. The highest BCUT2D eigenvalue weighted by Crippen LogP contribution is 2.42. The summed E-state index contributed by atoms with van der Waals surface area (Å²) in [5.41, 5.74) is -28.6. The Kier molecular flexibility index (Phi) is 24.5. The van der Waals surface area contributed by atoms with Crippen molar-refractivity contribution in [3.8, 4) is 0 Å². The predicted octanol–water partition coefficient (Wildman–Crippen LogP) is 19.4. The van der Waals surface area contributed by atoms with Crippen LogP contribution in [0.15, 0.2) is 128 Å². The first kappa shape index (κ1) is 73.7. The van der Waals surface area contributed by atoms with Crippen LogP contribution in [-0.2, 0) is 56.0 Å². The van der Waals surface area contributed by atoms with Gasteiger partial charge in [0.1, 0.15) is 11.8 Å². The summed E-state index contributed by atoms with van der Waals surface area (Å²) in [4.78, 5) is 16.8. The molecule has 28 heteroatoms. The van der Waals surface area contributed by atoms with Crippen LogP contribution in [0.4, 0.5) is 105 Å². The zero-order valence-electron chi connectivity index (χ0n) is 47.5. The van der Waals surface area contributed by atoms with Crippen molar-refractivity contribution in [2.24, 2.45) is 0 Å². The van der Waals surface area contributed by atoms with Crippen molar-refractivity contribution in [2.75, 3.05) is 0 Å². The van der Waals surface area contributed by atoms with Gasteiger partial charge in [0.05, 0.1) is 50.7 Å². The fraction of sp³-hybridized carbons (Fsp3) is 0.403. The molecule has 0 atom stereocenters. The molecular weight excluding hydrogens is 1260 g/mol. The van der Waals surface area contributed by atoms with E-state index in [2.05, 4.69) is 24.1 Å².